The van der Waals surface area contributed by atoms with Gasteiger partial charge >= 0.3 is 0 Å². The summed E-state index contributed by atoms with van der Waals surface area (Å²) in [6.07, 6.45) is 0. The molecule has 0 aliphatic rings. The average Bonchev–Trinajstić information content (AvgIpc) is 2.55. The molecular weight excluding hydrogens is 433 g/mol. The van der Waals surface area contributed by atoms with Gasteiger partial charge in [-0.15, -0.1) is 0 Å². The Morgan fingerprint density at radius 3 is 2.71 bits per heavy atom. The van der Waals surface area contributed by atoms with E-state index in [0.29, 0.717) is 17.3 Å². The molecule has 2 aromatic carbocycles. The average molecular weight is 449 g/mol. The zero-order valence-corrected chi connectivity index (χ0v) is 16.6. The summed E-state index contributed by atoms with van der Waals surface area (Å²) < 4.78 is 6.27. The number of carbonyl (C=O) groups excluding carboxylic acids is 1. The molecule has 0 fully saturated rings. The van der Waals surface area contributed by atoms with E-state index in [2.05, 4.69) is 21.2 Å². The quantitative estimate of drug-likeness (QED) is 0.565. The number of hydrogen-bond acceptors (Lipinski definition) is 3. The molecule has 0 saturated carbocycles. The predicted octanol–water partition coefficient (Wildman–Crippen LogP) is 5.18. The van der Waals surface area contributed by atoms with Crippen molar-refractivity contribution in [3.63, 3.8) is 0 Å². The molecule has 0 aliphatic carbocycles. The van der Waals surface area contributed by atoms with E-state index < -0.39 is 0 Å². The number of carbonyl (C=O) groups is 1. The molecule has 0 spiro atoms. The number of amides is 1. The van der Waals surface area contributed by atoms with Crippen LogP contribution in [-0.2, 0) is 10.5 Å². The van der Waals surface area contributed by atoms with Crippen LogP contribution in [0.25, 0.3) is 0 Å². The summed E-state index contributed by atoms with van der Waals surface area (Å²) in [5, 5.41) is 4.05. The summed E-state index contributed by atoms with van der Waals surface area (Å²) in [4.78, 5) is 11.8. The van der Waals surface area contributed by atoms with Gasteiger partial charge in [-0.05, 0) is 29.8 Å². The van der Waals surface area contributed by atoms with Crippen LogP contribution in [0.5, 0.6) is 5.75 Å². The largest absolute Gasteiger partial charge is 0.482 e. The number of halogens is 3. The van der Waals surface area contributed by atoms with E-state index in [0.717, 1.165) is 26.6 Å². The van der Waals surface area contributed by atoms with Crippen molar-refractivity contribution in [2.24, 2.45) is 0 Å². The standard InChI is InChI=1S/C17H16BrCl2NO2S/c18-13-5-6-16(15(20)9-13)23-10-17(22)21-7-8-24-11-12-3-1-2-4-14(12)19/h1-6,9H,7-8,10-11H2,(H,21,22). The van der Waals surface area contributed by atoms with E-state index in [1.165, 1.54) is 0 Å². The second-order valence-electron chi connectivity index (χ2n) is 4.86. The molecule has 1 amide bonds. The summed E-state index contributed by atoms with van der Waals surface area (Å²) in [5.74, 6) is 1.94. The number of ether oxygens (including phenoxy) is 1. The van der Waals surface area contributed by atoms with Gasteiger partial charge in [0.05, 0.1) is 5.02 Å². The summed E-state index contributed by atoms with van der Waals surface area (Å²) in [7, 11) is 0. The second kappa shape index (κ2) is 10.2. The highest BCUT2D eigenvalue weighted by atomic mass is 79.9. The van der Waals surface area contributed by atoms with E-state index in [1.807, 2.05) is 30.3 Å². The number of rotatable bonds is 8. The lowest BCUT2D eigenvalue weighted by atomic mass is 10.2. The number of benzene rings is 2. The van der Waals surface area contributed by atoms with Crippen LogP contribution in [-0.4, -0.2) is 24.8 Å². The fourth-order valence-electron chi connectivity index (χ4n) is 1.85. The van der Waals surface area contributed by atoms with Crippen LogP contribution in [0.1, 0.15) is 5.56 Å². The van der Waals surface area contributed by atoms with E-state index >= 15 is 0 Å². The first-order valence-electron chi connectivity index (χ1n) is 7.22. The first kappa shape index (κ1) is 19.4. The van der Waals surface area contributed by atoms with E-state index in [-0.39, 0.29) is 12.5 Å². The molecule has 2 aromatic rings. The van der Waals surface area contributed by atoms with Gasteiger partial charge in [0.25, 0.3) is 5.91 Å². The van der Waals surface area contributed by atoms with Gasteiger partial charge in [-0.3, -0.25) is 4.79 Å². The zero-order chi connectivity index (χ0) is 17.4. The van der Waals surface area contributed by atoms with Gasteiger partial charge in [0.2, 0.25) is 0 Å². The Morgan fingerprint density at radius 1 is 1.17 bits per heavy atom. The fraction of sp³-hybridized carbons (Fsp3) is 0.235. The van der Waals surface area contributed by atoms with Gasteiger partial charge in [0.1, 0.15) is 5.75 Å². The topological polar surface area (TPSA) is 38.3 Å². The fourth-order valence-corrected chi connectivity index (χ4v) is 3.72. The Balaban J connectivity index is 1.62. The van der Waals surface area contributed by atoms with Gasteiger partial charge in [-0.2, -0.15) is 11.8 Å². The lowest BCUT2D eigenvalue weighted by molar-refractivity contribution is -0.122. The summed E-state index contributed by atoms with van der Waals surface area (Å²) in [5.41, 5.74) is 1.10. The van der Waals surface area contributed by atoms with Crippen LogP contribution in [0.3, 0.4) is 0 Å². The highest BCUT2D eigenvalue weighted by Crippen LogP contribution is 2.27. The second-order valence-corrected chi connectivity index (χ2v) is 7.69. The van der Waals surface area contributed by atoms with Crippen molar-refractivity contribution >= 4 is 56.8 Å². The van der Waals surface area contributed by atoms with Crippen LogP contribution in [0.15, 0.2) is 46.9 Å². The van der Waals surface area contributed by atoms with Crippen molar-refractivity contribution in [2.45, 2.75) is 5.75 Å². The molecule has 0 atom stereocenters. The van der Waals surface area contributed by atoms with Crippen molar-refractivity contribution in [1.29, 1.82) is 0 Å². The Morgan fingerprint density at radius 2 is 1.96 bits per heavy atom. The van der Waals surface area contributed by atoms with Gasteiger partial charge in [-0.25, -0.2) is 0 Å². The van der Waals surface area contributed by atoms with Gasteiger partial charge in [0.15, 0.2) is 6.61 Å². The molecule has 0 bridgehead atoms. The highest BCUT2D eigenvalue weighted by Gasteiger charge is 2.06. The Bertz CT molecular complexity index is 700. The molecule has 0 heterocycles. The minimum atomic E-state index is -0.174. The molecule has 0 radical (unpaired) electrons. The SMILES string of the molecule is O=C(COc1ccc(Br)cc1Cl)NCCSCc1ccccc1Cl. The lowest BCUT2D eigenvalue weighted by Crippen LogP contribution is -2.30. The smallest absolute Gasteiger partial charge is 0.257 e. The minimum absolute atomic E-state index is 0.0590. The first-order valence-corrected chi connectivity index (χ1v) is 9.92. The molecular formula is C17H16BrCl2NO2S. The van der Waals surface area contributed by atoms with E-state index in [4.69, 9.17) is 27.9 Å². The Kier molecular flexibility index (Phi) is 8.25. The predicted molar refractivity (Wildman–Crippen MR) is 105 cm³/mol. The third-order valence-corrected chi connectivity index (χ3v) is 5.20. The monoisotopic (exact) mass is 447 g/mol. The molecule has 0 aromatic heterocycles. The first-order chi connectivity index (χ1) is 11.6. The molecule has 0 aliphatic heterocycles. The molecule has 24 heavy (non-hydrogen) atoms. The Hall–Kier alpha value is -0.880. The number of thioether (sulfide) groups is 1. The molecule has 0 saturated heterocycles. The number of hydrogen-bond donors (Lipinski definition) is 1. The van der Waals surface area contributed by atoms with Gasteiger partial charge in [-0.1, -0.05) is 57.3 Å². The van der Waals surface area contributed by atoms with Crippen LogP contribution in [0, 0.1) is 0 Å². The Labute approximate surface area is 164 Å². The molecule has 1 N–H and O–H groups in total. The van der Waals surface area contributed by atoms with Crippen molar-refractivity contribution in [1.82, 2.24) is 5.32 Å². The van der Waals surface area contributed by atoms with Crippen LogP contribution in [0.4, 0.5) is 0 Å². The van der Waals surface area contributed by atoms with Crippen LogP contribution in [0.2, 0.25) is 10.0 Å². The molecule has 7 heteroatoms. The van der Waals surface area contributed by atoms with Crippen molar-refractivity contribution in [3.05, 3.63) is 62.5 Å². The minimum Gasteiger partial charge on any atom is -0.482 e. The maximum absolute atomic E-state index is 11.8. The molecule has 3 nitrogen and oxygen atoms in total. The highest BCUT2D eigenvalue weighted by molar-refractivity contribution is 9.10. The normalized spacial score (nSPS) is 10.5. The maximum Gasteiger partial charge on any atom is 0.257 e. The molecule has 0 unspecified atom stereocenters. The summed E-state index contributed by atoms with van der Waals surface area (Å²) in [6.45, 7) is 0.516. The van der Waals surface area contributed by atoms with Crippen molar-refractivity contribution in [2.75, 3.05) is 18.9 Å². The summed E-state index contributed by atoms with van der Waals surface area (Å²) >= 11 is 17.2. The third-order valence-electron chi connectivity index (χ3n) is 3.04. The number of nitrogens with one attached hydrogen (secondary N) is 1. The third kappa shape index (κ3) is 6.55. The molecule has 128 valence electrons. The lowest BCUT2D eigenvalue weighted by Gasteiger charge is -2.09. The zero-order valence-electron chi connectivity index (χ0n) is 12.7. The van der Waals surface area contributed by atoms with Gasteiger partial charge in [0, 0.05) is 27.5 Å². The maximum atomic E-state index is 11.8. The van der Waals surface area contributed by atoms with Crippen molar-refractivity contribution < 1.29 is 9.53 Å². The summed E-state index contributed by atoms with van der Waals surface area (Å²) in [6, 6.07) is 13.0. The van der Waals surface area contributed by atoms with Crippen LogP contribution < -0.4 is 10.1 Å². The van der Waals surface area contributed by atoms with Crippen molar-refractivity contribution in [3.8, 4) is 5.75 Å². The van der Waals surface area contributed by atoms with E-state index in [9.17, 15) is 4.79 Å². The van der Waals surface area contributed by atoms with E-state index in [1.54, 1.807) is 23.9 Å². The molecule has 2 rings (SSSR count). The van der Waals surface area contributed by atoms with Crippen LogP contribution >= 0.6 is 50.9 Å². The van der Waals surface area contributed by atoms with Gasteiger partial charge < -0.3 is 10.1 Å².